The van der Waals surface area contributed by atoms with E-state index in [1.165, 1.54) is 0 Å². The van der Waals surface area contributed by atoms with Gasteiger partial charge in [-0.2, -0.15) is 0 Å². The van der Waals surface area contributed by atoms with E-state index >= 15 is 0 Å². The van der Waals surface area contributed by atoms with Gasteiger partial charge in [0, 0.05) is 23.6 Å². The Morgan fingerprint density at radius 3 is 1.88 bits per heavy atom. The molecule has 0 aromatic heterocycles. The summed E-state index contributed by atoms with van der Waals surface area (Å²) in [7, 11) is 0. The third-order valence-electron chi connectivity index (χ3n) is 4.55. The Balaban J connectivity index is 2.43. The monoisotopic (exact) mass is 337 g/mol. The highest BCUT2D eigenvalue weighted by molar-refractivity contribution is 5.94. The van der Waals surface area contributed by atoms with Gasteiger partial charge in [0.25, 0.3) is 0 Å². The van der Waals surface area contributed by atoms with Crippen molar-refractivity contribution in [3.05, 3.63) is 83.9 Å². The number of carbonyl (C=O) groups is 2. The van der Waals surface area contributed by atoms with Crippen LogP contribution in [0.5, 0.6) is 0 Å². The van der Waals surface area contributed by atoms with Crippen LogP contribution in [-0.2, 0) is 15.0 Å². The molecule has 2 aromatic carbocycles. The van der Waals surface area contributed by atoms with Crippen LogP contribution in [0.1, 0.15) is 31.4 Å². The molecule has 2 N–H and O–H groups in total. The van der Waals surface area contributed by atoms with Gasteiger partial charge in [0.15, 0.2) is 0 Å². The summed E-state index contributed by atoms with van der Waals surface area (Å²) in [6.07, 6.45) is 2.61. The second-order valence-corrected chi connectivity index (χ2v) is 6.08. The summed E-state index contributed by atoms with van der Waals surface area (Å²) < 4.78 is 0. The van der Waals surface area contributed by atoms with Crippen molar-refractivity contribution in [3.63, 3.8) is 0 Å². The van der Waals surface area contributed by atoms with Gasteiger partial charge in [-0.3, -0.25) is 4.79 Å². The molecule has 0 saturated heterocycles. The molecule has 2 rings (SSSR count). The quantitative estimate of drug-likeness (QED) is 0.760. The fourth-order valence-corrected chi connectivity index (χ4v) is 3.16. The van der Waals surface area contributed by atoms with Gasteiger partial charge in [-0.05, 0) is 24.5 Å². The van der Waals surface area contributed by atoms with Crippen molar-refractivity contribution in [2.75, 3.05) is 0 Å². The molecule has 0 aliphatic rings. The Bertz CT molecular complexity index is 699. The molecule has 0 aliphatic heterocycles. The topological polar surface area (TPSA) is 66.4 Å². The minimum atomic E-state index is -1.14. The van der Waals surface area contributed by atoms with Crippen molar-refractivity contribution in [1.82, 2.24) is 5.32 Å². The Hall–Kier alpha value is -2.88. The first-order chi connectivity index (χ1) is 12.0. The van der Waals surface area contributed by atoms with E-state index in [0.717, 1.165) is 23.3 Å². The summed E-state index contributed by atoms with van der Waals surface area (Å²) in [5, 5.41) is 11.7. The fourth-order valence-electron chi connectivity index (χ4n) is 3.16. The number of hydrogen-bond acceptors (Lipinski definition) is 2. The van der Waals surface area contributed by atoms with E-state index in [2.05, 4.69) is 36.5 Å². The third-order valence-corrected chi connectivity index (χ3v) is 4.55. The lowest BCUT2D eigenvalue weighted by molar-refractivity contribution is -0.131. The molecule has 0 fully saturated rings. The first-order valence-corrected chi connectivity index (χ1v) is 8.31. The number of rotatable bonds is 7. The van der Waals surface area contributed by atoms with Crippen LogP contribution in [0.25, 0.3) is 0 Å². The highest BCUT2D eigenvalue weighted by atomic mass is 16.4. The zero-order valence-electron chi connectivity index (χ0n) is 14.5. The molecule has 1 unspecified atom stereocenters. The number of amides is 1. The fraction of sp³-hybridized carbons (Fsp3) is 0.238. The number of nitrogens with one attached hydrogen (secondary N) is 1. The van der Waals surface area contributed by atoms with Crippen molar-refractivity contribution < 1.29 is 14.7 Å². The highest BCUT2D eigenvalue weighted by Crippen LogP contribution is 2.36. The van der Waals surface area contributed by atoms with E-state index < -0.39 is 17.3 Å². The minimum Gasteiger partial charge on any atom is -0.478 e. The summed E-state index contributed by atoms with van der Waals surface area (Å²) in [4.78, 5) is 22.8. The van der Waals surface area contributed by atoms with Crippen molar-refractivity contribution >= 4 is 11.9 Å². The van der Waals surface area contributed by atoms with Gasteiger partial charge in [-0.1, -0.05) is 67.6 Å². The maximum Gasteiger partial charge on any atom is 0.328 e. The lowest BCUT2D eigenvalue weighted by Crippen LogP contribution is -2.49. The molecule has 0 saturated carbocycles. The minimum absolute atomic E-state index is 0.191. The van der Waals surface area contributed by atoms with E-state index in [1.54, 1.807) is 0 Å². The van der Waals surface area contributed by atoms with E-state index in [1.807, 2.05) is 43.3 Å². The first-order valence-electron chi connectivity index (χ1n) is 8.31. The van der Waals surface area contributed by atoms with Gasteiger partial charge in [-0.25, -0.2) is 4.79 Å². The number of carbonyl (C=O) groups excluding carboxylic acids is 1. The van der Waals surface area contributed by atoms with Crippen molar-refractivity contribution in [2.24, 2.45) is 0 Å². The predicted molar refractivity (Wildman–Crippen MR) is 98.3 cm³/mol. The lowest BCUT2D eigenvalue weighted by Gasteiger charge is -2.39. The standard InChI is InChI=1S/C21H23NO3/c1-3-18(22-19(23)14-15-20(24)25)21(2,16-10-6-4-7-11-16)17-12-8-5-9-13-17/h4-15,18H,3H2,1-2H3,(H,22,23)(H,24,25)/b15-14-. The van der Waals surface area contributed by atoms with Crippen molar-refractivity contribution in [1.29, 1.82) is 0 Å². The van der Waals surface area contributed by atoms with Gasteiger partial charge >= 0.3 is 5.97 Å². The van der Waals surface area contributed by atoms with Crippen LogP contribution in [0, 0.1) is 0 Å². The Morgan fingerprint density at radius 2 is 1.48 bits per heavy atom. The summed E-state index contributed by atoms with van der Waals surface area (Å²) in [5.41, 5.74) is 1.75. The number of carboxylic acid groups (broad SMARTS) is 1. The lowest BCUT2D eigenvalue weighted by atomic mass is 9.69. The zero-order chi connectivity index (χ0) is 18.3. The van der Waals surface area contributed by atoms with E-state index in [-0.39, 0.29) is 6.04 Å². The van der Waals surface area contributed by atoms with Crippen LogP contribution in [0.2, 0.25) is 0 Å². The van der Waals surface area contributed by atoms with Gasteiger partial charge in [0.05, 0.1) is 0 Å². The first kappa shape index (κ1) is 18.5. The summed E-state index contributed by atoms with van der Waals surface area (Å²) in [6, 6.07) is 19.9. The molecule has 4 nitrogen and oxygen atoms in total. The van der Waals surface area contributed by atoms with Gasteiger partial charge < -0.3 is 10.4 Å². The second kappa shape index (κ2) is 8.29. The number of benzene rings is 2. The average Bonchev–Trinajstić information content (AvgIpc) is 2.65. The SMILES string of the molecule is CCC(NC(=O)/C=C\C(=O)O)C(C)(c1ccccc1)c1ccccc1. The van der Waals surface area contributed by atoms with Gasteiger partial charge in [-0.15, -0.1) is 0 Å². The molecule has 0 aliphatic carbocycles. The Labute approximate surface area is 148 Å². The zero-order valence-corrected chi connectivity index (χ0v) is 14.5. The number of aliphatic carboxylic acids is 1. The summed E-state index contributed by atoms with van der Waals surface area (Å²) >= 11 is 0. The summed E-state index contributed by atoms with van der Waals surface area (Å²) in [5.74, 6) is -1.55. The molecular weight excluding hydrogens is 314 g/mol. The molecule has 2 aromatic rings. The normalized spacial score (nSPS) is 12.7. The van der Waals surface area contributed by atoms with Crippen LogP contribution in [-0.4, -0.2) is 23.0 Å². The molecule has 0 spiro atoms. The maximum atomic E-state index is 12.2. The Kier molecular flexibility index (Phi) is 6.12. The molecule has 4 heteroatoms. The van der Waals surface area contributed by atoms with Crippen molar-refractivity contribution in [2.45, 2.75) is 31.7 Å². The summed E-state index contributed by atoms with van der Waals surface area (Å²) in [6.45, 7) is 4.11. The van der Waals surface area contributed by atoms with Gasteiger partial charge in [0.1, 0.15) is 0 Å². The largest absolute Gasteiger partial charge is 0.478 e. The molecule has 1 amide bonds. The van der Waals surface area contributed by atoms with Gasteiger partial charge in [0.2, 0.25) is 5.91 Å². The maximum absolute atomic E-state index is 12.2. The smallest absolute Gasteiger partial charge is 0.328 e. The molecule has 0 bridgehead atoms. The van der Waals surface area contributed by atoms with E-state index in [9.17, 15) is 9.59 Å². The van der Waals surface area contributed by atoms with Crippen LogP contribution in [0.15, 0.2) is 72.8 Å². The van der Waals surface area contributed by atoms with Crippen molar-refractivity contribution in [3.8, 4) is 0 Å². The molecule has 0 radical (unpaired) electrons. The van der Waals surface area contributed by atoms with Crippen LogP contribution in [0.4, 0.5) is 0 Å². The molecule has 1 atom stereocenters. The second-order valence-electron chi connectivity index (χ2n) is 6.08. The van der Waals surface area contributed by atoms with Crippen LogP contribution >= 0.6 is 0 Å². The van der Waals surface area contributed by atoms with Crippen LogP contribution < -0.4 is 5.32 Å². The number of carboxylic acids is 1. The van der Waals surface area contributed by atoms with E-state index in [0.29, 0.717) is 6.42 Å². The Morgan fingerprint density at radius 1 is 1.00 bits per heavy atom. The average molecular weight is 337 g/mol. The van der Waals surface area contributed by atoms with E-state index in [4.69, 9.17) is 5.11 Å². The third kappa shape index (κ3) is 4.35. The molecule has 130 valence electrons. The number of hydrogen-bond donors (Lipinski definition) is 2. The predicted octanol–water partition coefficient (Wildman–Crippen LogP) is 3.53. The van der Waals surface area contributed by atoms with Crippen LogP contribution in [0.3, 0.4) is 0 Å². The molecular formula is C21H23NO3. The molecule has 0 heterocycles. The molecule has 25 heavy (non-hydrogen) atoms. The highest BCUT2D eigenvalue weighted by Gasteiger charge is 2.37.